The Labute approximate surface area is 215 Å². The van der Waals surface area contributed by atoms with Gasteiger partial charge < -0.3 is 21.3 Å². The number of carbonyl (C=O) groups is 2. The summed E-state index contributed by atoms with van der Waals surface area (Å²) in [6, 6.07) is 22.3. The first-order valence-electron chi connectivity index (χ1n) is 12.6. The van der Waals surface area contributed by atoms with Crippen molar-refractivity contribution in [3.63, 3.8) is 0 Å². The minimum absolute atomic E-state index is 0.0792. The van der Waals surface area contributed by atoms with E-state index in [-0.39, 0.29) is 11.9 Å². The molecule has 1 aromatic heterocycles. The zero-order chi connectivity index (χ0) is 25.6. The van der Waals surface area contributed by atoms with Gasteiger partial charge in [0.25, 0.3) is 11.8 Å². The van der Waals surface area contributed by atoms with Crippen molar-refractivity contribution in [1.82, 2.24) is 14.9 Å². The largest absolute Gasteiger partial charge is 0.366 e. The second-order valence-electron chi connectivity index (χ2n) is 9.27. The van der Waals surface area contributed by atoms with Gasteiger partial charge in [-0.05, 0) is 74.3 Å². The molecule has 4 aromatic rings. The monoisotopic (exact) mass is 494 g/mol. The normalized spacial score (nSPS) is 14.4. The van der Waals surface area contributed by atoms with Crippen LogP contribution in [0.5, 0.6) is 0 Å². The first-order chi connectivity index (χ1) is 18.1. The fourth-order valence-corrected chi connectivity index (χ4v) is 4.83. The van der Waals surface area contributed by atoms with E-state index in [2.05, 4.69) is 31.6 Å². The van der Waals surface area contributed by atoms with Gasteiger partial charge in [-0.3, -0.25) is 9.59 Å². The summed E-state index contributed by atoms with van der Waals surface area (Å²) in [4.78, 5) is 36.0. The van der Waals surface area contributed by atoms with E-state index >= 15 is 0 Å². The Balaban J connectivity index is 1.44. The fourth-order valence-electron chi connectivity index (χ4n) is 4.83. The summed E-state index contributed by atoms with van der Waals surface area (Å²) in [5.41, 5.74) is 8.83. The number of likely N-dealkylation sites (tertiary alicyclic amines) is 1. The maximum absolute atomic E-state index is 12.7. The lowest BCUT2D eigenvalue weighted by Gasteiger charge is -2.24. The number of amides is 2. The third kappa shape index (κ3) is 5.76. The van der Waals surface area contributed by atoms with Gasteiger partial charge in [0.05, 0.1) is 17.1 Å². The molecule has 0 saturated carbocycles. The Morgan fingerprint density at radius 2 is 1.73 bits per heavy atom. The molecule has 0 aliphatic carbocycles. The van der Waals surface area contributed by atoms with Gasteiger partial charge in [-0.1, -0.05) is 36.4 Å². The number of aromatic nitrogens is 2. The van der Waals surface area contributed by atoms with Crippen molar-refractivity contribution >= 4 is 34.2 Å². The highest BCUT2D eigenvalue weighted by molar-refractivity contribution is 6.07. The number of anilines is 2. The SMILES string of the molecule is NC(=O)c1cccc2c(NC(CCN3CCCC3)c3cccc(NC(=O)c4ccccc4)c3)ncnc12. The average molecular weight is 495 g/mol. The lowest BCUT2D eigenvalue weighted by molar-refractivity contribution is 0.0998. The van der Waals surface area contributed by atoms with Crippen LogP contribution in [0.25, 0.3) is 10.9 Å². The van der Waals surface area contributed by atoms with Crippen LogP contribution in [-0.4, -0.2) is 46.3 Å². The third-order valence-corrected chi connectivity index (χ3v) is 6.76. The molecule has 37 heavy (non-hydrogen) atoms. The number of rotatable bonds is 9. The zero-order valence-electron chi connectivity index (χ0n) is 20.6. The molecule has 188 valence electrons. The van der Waals surface area contributed by atoms with Gasteiger partial charge in [-0.25, -0.2) is 9.97 Å². The van der Waals surface area contributed by atoms with Crippen molar-refractivity contribution in [1.29, 1.82) is 0 Å². The highest BCUT2D eigenvalue weighted by Crippen LogP contribution is 2.29. The van der Waals surface area contributed by atoms with Gasteiger partial charge in [0.1, 0.15) is 12.1 Å². The number of carbonyl (C=O) groups excluding carboxylic acids is 2. The molecular weight excluding hydrogens is 464 g/mol. The van der Waals surface area contributed by atoms with E-state index in [0.717, 1.165) is 42.7 Å². The van der Waals surface area contributed by atoms with Crippen molar-refractivity contribution < 1.29 is 9.59 Å². The summed E-state index contributed by atoms with van der Waals surface area (Å²) in [5, 5.41) is 7.34. The Bertz CT molecular complexity index is 1400. The van der Waals surface area contributed by atoms with Crippen LogP contribution < -0.4 is 16.4 Å². The summed E-state index contributed by atoms with van der Waals surface area (Å²) in [7, 11) is 0. The van der Waals surface area contributed by atoms with Gasteiger partial charge in [-0.15, -0.1) is 0 Å². The Morgan fingerprint density at radius 1 is 0.946 bits per heavy atom. The molecule has 1 aliphatic heterocycles. The van der Waals surface area contributed by atoms with E-state index in [0.29, 0.717) is 22.5 Å². The summed E-state index contributed by atoms with van der Waals surface area (Å²) < 4.78 is 0. The number of hydrogen-bond acceptors (Lipinski definition) is 6. The third-order valence-electron chi connectivity index (χ3n) is 6.76. The van der Waals surface area contributed by atoms with Crippen LogP contribution >= 0.6 is 0 Å². The van der Waals surface area contributed by atoms with Crippen molar-refractivity contribution in [2.24, 2.45) is 5.73 Å². The minimum Gasteiger partial charge on any atom is -0.366 e. The molecule has 1 atom stereocenters. The zero-order valence-corrected chi connectivity index (χ0v) is 20.6. The minimum atomic E-state index is -0.525. The smallest absolute Gasteiger partial charge is 0.255 e. The van der Waals surface area contributed by atoms with Gasteiger partial charge in [0.15, 0.2) is 0 Å². The molecule has 1 fully saturated rings. The molecule has 1 unspecified atom stereocenters. The number of hydrogen-bond donors (Lipinski definition) is 3. The summed E-state index contributed by atoms with van der Waals surface area (Å²) >= 11 is 0. The van der Waals surface area contributed by atoms with E-state index in [9.17, 15) is 9.59 Å². The lowest BCUT2D eigenvalue weighted by Crippen LogP contribution is -2.24. The van der Waals surface area contributed by atoms with E-state index in [1.54, 1.807) is 24.3 Å². The highest BCUT2D eigenvalue weighted by atomic mass is 16.2. The van der Waals surface area contributed by atoms with Crippen LogP contribution in [0.3, 0.4) is 0 Å². The van der Waals surface area contributed by atoms with E-state index in [4.69, 9.17) is 5.73 Å². The Hall–Kier alpha value is -4.30. The first-order valence-corrected chi connectivity index (χ1v) is 12.6. The predicted molar refractivity (Wildman–Crippen MR) is 146 cm³/mol. The molecule has 2 heterocycles. The molecule has 4 N–H and O–H groups in total. The number of para-hydroxylation sites is 1. The Morgan fingerprint density at radius 3 is 2.51 bits per heavy atom. The summed E-state index contributed by atoms with van der Waals surface area (Å²) in [6.07, 6.45) is 4.75. The molecule has 1 aliphatic rings. The number of nitrogens with zero attached hydrogens (tertiary/aromatic N) is 3. The number of fused-ring (bicyclic) bond motifs is 1. The van der Waals surface area contributed by atoms with Crippen LogP contribution in [0.15, 0.2) is 79.1 Å². The van der Waals surface area contributed by atoms with Crippen molar-refractivity contribution in [2.45, 2.75) is 25.3 Å². The number of nitrogens with one attached hydrogen (secondary N) is 2. The highest BCUT2D eigenvalue weighted by Gasteiger charge is 2.19. The maximum Gasteiger partial charge on any atom is 0.255 e. The molecule has 0 radical (unpaired) electrons. The van der Waals surface area contributed by atoms with Gasteiger partial charge in [0, 0.05) is 23.2 Å². The lowest BCUT2D eigenvalue weighted by atomic mass is 10.0. The van der Waals surface area contributed by atoms with E-state index < -0.39 is 5.91 Å². The van der Waals surface area contributed by atoms with Crippen LogP contribution in [-0.2, 0) is 0 Å². The average Bonchev–Trinajstić information content (AvgIpc) is 3.45. The topological polar surface area (TPSA) is 113 Å². The molecule has 5 rings (SSSR count). The van der Waals surface area contributed by atoms with Gasteiger partial charge >= 0.3 is 0 Å². The second-order valence-corrected chi connectivity index (χ2v) is 9.27. The molecule has 8 nitrogen and oxygen atoms in total. The van der Waals surface area contributed by atoms with E-state index in [1.807, 2.05) is 42.5 Å². The molecule has 0 spiro atoms. The van der Waals surface area contributed by atoms with Crippen LogP contribution in [0.4, 0.5) is 11.5 Å². The molecule has 0 bridgehead atoms. The van der Waals surface area contributed by atoms with Crippen molar-refractivity contribution in [2.75, 3.05) is 30.3 Å². The summed E-state index contributed by atoms with van der Waals surface area (Å²) in [6.45, 7) is 3.16. The Kier molecular flexibility index (Phi) is 7.37. The predicted octanol–water partition coefficient (Wildman–Crippen LogP) is 4.62. The maximum atomic E-state index is 12.7. The molecule has 3 aromatic carbocycles. The standard InChI is InChI=1S/C29H30N6O2/c30-27(36)23-12-7-13-24-26(23)31-19-32-28(24)34-25(14-17-35-15-4-5-16-35)21-10-6-11-22(18-21)33-29(37)20-8-2-1-3-9-20/h1-3,6-13,18-19,25H,4-5,14-17H2,(H2,30,36)(H,33,37)(H,31,32,34). The van der Waals surface area contributed by atoms with Crippen LogP contribution in [0.2, 0.25) is 0 Å². The van der Waals surface area contributed by atoms with Crippen molar-refractivity contribution in [3.8, 4) is 0 Å². The van der Waals surface area contributed by atoms with E-state index in [1.165, 1.54) is 19.2 Å². The molecule has 8 heteroatoms. The van der Waals surface area contributed by atoms with Gasteiger partial charge in [-0.2, -0.15) is 0 Å². The second kappa shape index (κ2) is 11.2. The van der Waals surface area contributed by atoms with Crippen LogP contribution in [0.1, 0.15) is 51.6 Å². The number of nitrogens with two attached hydrogens (primary N) is 1. The fraction of sp³-hybridized carbons (Fsp3) is 0.241. The van der Waals surface area contributed by atoms with Gasteiger partial charge in [0.2, 0.25) is 0 Å². The molecule has 2 amide bonds. The molecular formula is C29H30N6O2. The summed E-state index contributed by atoms with van der Waals surface area (Å²) in [5.74, 6) is -0.0407. The van der Waals surface area contributed by atoms with Crippen LogP contribution in [0, 0.1) is 0 Å². The number of benzene rings is 3. The molecule has 1 saturated heterocycles. The number of primary amides is 1. The first kappa shape index (κ1) is 24.4. The quantitative estimate of drug-likeness (QED) is 0.313. The van der Waals surface area contributed by atoms with Crippen molar-refractivity contribution in [3.05, 3.63) is 95.8 Å².